The maximum atomic E-state index is 12.3. The highest BCUT2D eigenvalue weighted by Crippen LogP contribution is 2.16. The molecule has 0 saturated carbocycles. The molecule has 1 aromatic rings. The molecule has 1 aliphatic rings. The fourth-order valence-electron chi connectivity index (χ4n) is 3.11. The summed E-state index contributed by atoms with van der Waals surface area (Å²) in [7, 11) is 0. The number of piperidine rings is 1. The first kappa shape index (κ1) is 22.7. The largest absolute Gasteiger partial charge is 0.494 e. The highest BCUT2D eigenvalue weighted by molar-refractivity contribution is 5.98. The predicted molar refractivity (Wildman–Crippen MR) is 110 cm³/mol. The molecule has 160 valence electrons. The van der Waals surface area contributed by atoms with Crippen molar-refractivity contribution in [2.24, 2.45) is 0 Å². The van der Waals surface area contributed by atoms with Gasteiger partial charge in [0.05, 0.1) is 6.61 Å². The third kappa shape index (κ3) is 7.75. The minimum Gasteiger partial charge on any atom is -0.494 e. The van der Waals surface area contributed by atoms with Crippen molar-refractivity contribution >= 4 is 17.8 Å². The van der Waals surface area contributed by atoms with Gasteiger partial charge in [0.15, 0.2) is 5.78 Å². The van der Waals surface area contributed by atoms with E-state index in [4.69, 9.17) is 9.47 Å². The van der Waals surface area contributed by atoms with Gasteiger partial charge in [-0.25, -0.2) is 4.79 Å². The van der Waals surface area contributed by atoms with Gasteiger partial charge in [-0.3, -0.25) is 9.59 Å². The van der Waals surface area contributed by atoms with Crippen molar-refractivity contribution in [2.45, 2.75) is 65.0 Å². The molecule has 1 fully saturated rings. The van der Waals surface area contributed by atoms with E-state index >= 15 is 0 Å². The first-order valence-electron chi connectivity index (χ1n) is 10.2. The third-order valence-electron chi connectivity index (χ3n) is 4.58. The number of nitrogens with one attached hydrogen (secondary N) is 1. The maximum absolute atomic E-state index is 12.3. The highest BCUT2D eigenvalue weighted by atomic mass is 16.6. The van der Waals surface area contributed by atoms with Crippen LogP contribution in [0.4, 0.5) is 4.79 Å². The lowest BCUT2D eigenvalue weighted by molar-refractivity contribution is -0.122. The van der Waals surface area contributed by atoms with Crippen LogP contribution in [-0.4, -0.2) is 54.0 Å². The molecule has 0 atom stereocenters. The summed E-state index contributed by atoms with van der Waals surface area (Å²) >= 11 is 0. The fourth-order valence-corrected chi connectivity index (χ4v) is 3.11. The molecule has 2 rings (SSSR count). The zero-order chi connectivity index (χ0) is 21.4. The Morgan fingerprint density at radius 3 is 2.24 bits per heavy atom. The molecule has 1 aliphatic heterocycles. The Kier molecular flexibility index (Phi) is 8.05. The smallest absolute Gasteiger partial charge is 0.410 e. The number of amides is 2. The third-order valence-corrected chi connectivity index (χ3v) is 4.58. The second-order valence-electron chi connectivity index (χ2n) is 8.19. The number of ether oxygens (including phenoxy) is 2. The molecule has 7 heteroatoms. The Hall–Kier alpha value is -2.57. The summed E-state index contributed by atoms with van der Waals surface area (Å²) < 4.78 is 10.7. The molecule has 7 nitrogen and oxygen atoms in total. The molecule has 0 unspecified atom stereocenters. The molecular weight excluding hydrogens is 372 g/mol. The van der Waals surface area contributed by atoms with Gasteiger partial charge >= 0.3 is 6.09 Å². The molecule has 0 aliphatic carbocycles. The minimum atomic E-state index is -0.516. The Bertz CT molecular complexity index is 701. The summed E-state index contributed by atoms with van der Waals surface area (Å²) in [6.45, 7) is 9.09. The van der Waals surface area contributed by atoms with Crippen LogP contribution in [0.25, 0.3) is 0 Å². The minimum absolute atomic E-state index is 0.0155. The van der Waals surface area contributed by atoms with Gasteiger partial charge in [0.1, 0.15) is 11.4 Å². The number of benzene rings is 1. The lowest BCUT2D eigenvalue weighted by Crippen LogP contribution is -2.47. The van der Waals surface area contributed by atoms with E-state index in [2.05, 4.69) is 5.32 Å². The van der Waals surface area contributed by atoms with Crippen LogP contribution in [0.3, 0.4) is 0 Å². The first-order valence-corrected chi connectivity index (χ1v) is 10.2. The molecule has 0 bridgehead atoms. The summed E-state index contributed by atoms with van der Waals surface area (Å²) in [4.78, 5) is 38.2. The van der Waals surface area contributed by atoms with Crippen molar-refractivity contribution in [3.05, 3.63) is 29.8 Å². The zero-order valence-corrected chi connectivity index (χ0v) is 17.8. The molecule has 0 radical (unpaired) electrons. The van der Waals surface area contributed by atoms with Crippen molar-refractivity contribution in [3.8, 4) is 5.75 Å². The van der Waals surface area contributed by atoms with Crippen molar-refractivity contribution < 1.29 is 23.9 Å². The van der Waals surface area contributed by atoms with Crippen LogP contribution in [-0.2, 0) is 9.53 Å². The van der Waals surface area contributed by atoms with Gasteiger partial charge in [-0.1, -0.05) is 0 Å². The molecule has 1 aromatic carbocycles. The Morgan fingerprint density at radius 1 is 1.07 bits per heavy atom. The zero-order valence-electron chi connectivity index (χ0n) is 17.8. The molecule has 0 aromatic heterocycles. The fraction of sp³-hybridized carbons (Fsp3) is 0.591. The number of nitrogens with zero attached hydrogens (tertiary/aromatic N) is 1. The van der Waals surface area contributed by atoms with Crippen molar-refractivity contribution in [3.63, 3.8) is 0 Å². The number of Topliss-reactive ketones (excluding diaryl/α,β-unsaturated/α-hetero) is 1. The molecule has 1 N–H and O–H groups in total. The van der Waals surface area contributed by atoms with E-state index in [0.717, 1.165) is 5.75 Å². The van der Waals surface area contributed by atoms with E-state index < -0.39 is 5.60 Å². The standard InChI is InChI=1S/C22H32N2O5/c1-5-28-18-8-6-16(7-9-18)19(25)10-11-20(26)23-17-12-14-24(15-13-17)21(27)29-22(2,3)4/h6-9,17H,5,10-15H2,1-4H3,(H,23,26). The lowest BCUT2D eigenvalue weighted by atomic mass is 10.0. The second kappa shape index (κ2) is 10.3. The van der Waals surface area contributed by atoms with E-state index in [9.17, 15) is 14.4 Å². The van der Waals surface area contributed by atoms with Crippen molar-refractivity contribution in [1.29, 1.82) is 0 Å². The van der Waals surface area contributed by atoms with E-state index in [1.807, 2.05) is 27.7 Å². The van der Waals surface area contributed by atoms with Gasteiger partial charge in [0.25, 0.3) is 0 Å². The number of hydrogen-bond donors (Lipinski definition) is 1. The van der Waals surface area contributed by atoms with Gasteiger partial charge in [0, 0.05) is 37.5 Å². The topological polar surface area (TPSA) is 84.9 Å². The van der Waals surface area contributed by atoms with Crippen molar-refractivity contribution in [2.75, 3.05) is 19.7 Å². The summed E-state index contributed by atoms with van der Waals surface area (Å²) in [6.07, 6.45) is 1.35. The summed E-state index contributed by atoms with van der Waals surface area (Å²) in [5.74, 6) is 0.516. The average molecular weight is 405 g/mol. The Balaban J connectivity index is 1.70. The number of ketones is 1. The summed E-state index contributed by atoms with van der Waals surface area (Å²) in [5, 5.41) is 2.97. The predicted octanol–water partition coefficient (Wildman–Crippen LogP) is 3.56. The molecular formula is C22H32N2O5. The van der Waals surface area contributed by atoms with Gasteiger partial charge in [-0.05, 0) is 64.8 Å². The number of likely N-dealkylation sites (tertiary alicyclic amines) is 1. The first-order chi connectivity index (χ1) is 13.7. The summed E-state index contributed by atoms with van der Waals surface area (Å²) in [6, 6.07) is 6.97. The second-order valence-corrected chi connectivity index (χ2v) is 8.19. The molecule has 29 heavy (non-hydrogen) atoms. The van der Waals surface area contributed by atoms with E-state index in [1.165, 1.54) is 0 Å². The molecule has 2 amide bonds. The van der Waals surface area contributed by atoms with Crippen LogP contribution in [0.2, 0.25) is 0 Å². The van der Waals surface area contributed by atoms with Crippen LogP contribution in [0.5, 0.6) is 5.75 Å². The van der Waals surface area contributed by atoms with Crippen LogP contribution in [0.15, 0.2) is 24.3 Å². The van der Waals surface area contributed by atoms with Gasteiger partial charge in [-0.2, -0.15) is 0 Å². The van der Waals surface area contributed by atoms with Crippen LogP contribution in [0.1, 0.15) is 63.7 Å². The maximum Gasteiger partial charge on any atom is 0.410 e. The average Bonchev–Trinajstić information content (AvgIpc) is 2.66. The highest BCUT2D eigenvalue weighted by Gasteiger charge is 2.27. The van der Waals surface area contributed by atoms with Gasteiger partial charge in [0.2, 0.25) is 5.91 Å². The van der Waals surface area contributed by atoms with E-state index in [0.29, 0.717) is 38.1 Å². The van der Waals surface area contributed by atoms with Gasteiger partial charge in [-0.15, -0.1) is 0 Å². The lowest BCUT2D eigenvalue weighted by Gasteiger charge is -2.33. The SMILES string of the molecule is CCOc1ccc(C(=O)CCC(=O)NC2CCN(C(=O)OC(C)(C)C)CC2)cc1. The number of rotatable bonds is 7. The number of carbonyl (C=O) groups excluding carboxylic acids is 3. The van der Waals surface area contributed by atoms with Crippen LogP contribution < -0.4 is 10.1 Å². The van der Waals surface area contributed by atoms with E-state index in [-0.39, 0.29) is 36.7 Å². The van der Waals surface area contributed by atoms with Crippen molar-refractivity contribution in [1.82, 2.24) is 10.2 Å². The van der Waals surface area contributed by atoms with Crippen LogP contribution in [0, 0.1) is 0 Å². The Morgan fingerprint density at radius 2 is 1.69 bits per heavy atom. The van der Waals surface area contributed by atoms with Gasteiger partial charge < -0.3 is 19.7 Å². The Labute approximate surface area is 172 Å². The number of hydrogen-bond acceptors (Lipinski definition) is 5. The van der Waals surface area contributed by atoms with E-state index in [1.54, 1.807) is 29.2 Å². The molecule has 1 saturated heterocycles. The summed E-state index contributed by atoms with van der Waals surface area (Å²) in [5.41, 5.74) is 0.0600. The number of carbonyl (C=O) groups is 3. The molecule has 0 spiro atoms. The normalized spacial score (nSPS) is 15.0. The monoisotopic (exact) mass is 404 g/mol. The molecule has 1 heterocycles. The van der Waals surface area contributed by atoms with Crippen LogP contribution >= 0.6 is 0 Å². The quantitative estimate of drug-likeness (QED) is 0.703.